The first-order valence-corrected chi connectivity index (χ1v) is 12.3. The number of nitrogens with zero attached hydrogens (tertiary/aromatic N) is 2. The zero-order valence-electron chi connectivity index (χ0n) is 18.1. The molecule has 0 saturated heterocycles. The number of rotatable bonds is 13. The Balaban J connectivity index is 1.51. The third-order valence-electron chi connectivity index (χ3n) is 5.18. The van der Waals surface area contributed by atoms with E-state index in [1.165, 1.54) is 64.0 Å². The van der Waals surface area contributed by atoms with Crippen molar-refractivity contribution in [1.82, 2.24) is 9.55 Å². The standard InChI is InChI=1S/C23H35ClFIN2O/c1-23(2,3)13-11-9-7-5-4-6-8-10-12-14-29-17-28-16-19(26)20-21(24)18(25)15-27-22(20)28/h15-16H,4-14,17H2,1-3H3. The topological polar surface area (TPSA) is 27.1 Å². The fourth-order valence-electron chi connectivity index (χ4n) is 3.51. The summed E-state index contributed by atoms with van der Waals surface area (Å²) in [6.07, 6.45) is 16.2. The summed E-state index contributed by atoms with van der Waals surface area (Å²) in [4.78, 5) is 4.17. The molecule has 0 aliphatic rings. The molecule has 0 bridgehead atoms. The lowest BCUT2D eigenvalue weighted by Gasteiger charge is -2.17. The van der Waals surface area contributed by atoms with Crippen LogP contribution in [0.4, 0.5) is 4.39 Å². The first kappa shape index (κ1) is 24.9. The predicted octanol–water partition coefficient (Wildman–Crippen LogP) is 8.35. The largest absolute Gasteiger partial charge is 0.361 e. The van der Waals surface area contributed by atoms with Gasteiger partial charge in [-0.05, 0) is 40.8 Å². The fourth-order valence-corrected chi connectivity index (χ4v) is 4.75. The lowest BCUT2D eigenvalue weighted by Crippen LogP contribution is -2.03. The smallest absolute Gasteiger partial charge is 0.160 e. The third kappa shape index (κ3) is 8.70. The average molecular weight is 537 g/mol. The van der Waals surface area contributed by atoms with Gasteiger partial charge in [0.05, 0.1) is 16.6 Å². The van der Waals surface area contributed by atoms with E-state index in [-0.39, 0.29) is 5.02 Å². The van der Waals surface area contributed by atoms with Gasteiger partial charge in [-0.15, -0.1) is 0 Å². The summed E-state index contributed by atoms with van der Waals surface area (Å²) < 4.78 is 22.2. The number of aromatic nitrogens is 2. The van der Waals surface area contributed by atoms with Crippen LogP contribution in [0.25, 0.3) is 11.0 Å². The van der Waals surface area contributed by atoms with E-state index >= 15 is 0 Å². The normalized spacial score (nSPS) is 12.2. The Morgan fingerprint density at radius 3 is 2.24 bits per heavy atom. The Hall–Kier alpha value is -0.400. The number of pyridine rings is 1. The summed E-state index contributed by atoms with van der Waals surface area (Å²) in [7, 11) is 0. The van der Waals surface area contributed by atoms with E-state index in [1.807, 2.05) is 10.8 Å². The molecule has 2 rings (SSSR count). The molecule has 0 unspecified atom stereocenters. The Labute approximate surface area is 193 Å². The number of halogens is 3. The fraction of sp³-hybridized carbons (Fsp3) is 0.696. The van der Waals surface area contributed by atoms with Gasteiger partial charge in [-0.1, -0.05) is 83.7 Å². The Bertz CT molecular complexity index is 757. The lowest BCUT2D eigenvalue weighted by atomic mass is 9.89. The second-order valence-electron chi connectivity index (χ2n) is 9.10. The quantitative estimate of drug-likeness (QED) is 0.190. The number of hydrogen-bond donors (Lipinski definition) is 0. The Kier molecular flexibility index (Phi) is 10.7. The summed E-state index contributed by atoms with van der Waals surface area (Å²) in [6.45, 7) is 8.13. The molecule has 2 heterocycles. The van der Waals surface area contributed by atoms with Crippen LogP contribution >= 0.6 is 34.2 Å². The van der Waals surface area contributed by atoms with E-state index in [9.17, 15) is 4.39 Å². The number of fused-ring (bicyclic) bond motifs is 1. The van der Waals surface area contributed by atoms with Crippen molar-refractivity contribution < 1.29 is 9.13 Å². The molecule has 0 amide bonds. The molecule has 0 aliphatic carbocycles. The van der Waals surface area contributed by atoms with Crippen LogP contribution in [-0.4, -0.2) is 16.2 Å². The van der Waals surface area contributed by atoms with Crippen molar-refractivity contribution in [3.05, 3.63) is 26.8 Å². The summed E-state index contributed by atoms with van der Waals surface area (Å²) in [6, 6.07) is 0. The molecule has 29 heavy (non-hydrogen) atoms. The zero-order valence-corrected chi connectivity index (χ0v) is 21.0. The van der Waals surface area contributed by atoms with Crippen molar-refractivity contribution in [3.63, 3.8) is 0 Å². The van der Waals surface area contributed by atoms with Crippen LogP contribution in [0.5, 0.6) is 0 Å². The maximum absolute atomic E-state index is 13.6. The van der Waals surface area contributed by atoms with Crippen molar-refractivity contribution in [3.8, 4) is 0 Å². The van der Waals surface area contributed by atoms with Crippen LogP contribution in [0, 0.1) is 14.8 Å². The molecule has 0 aliphatic heterocycles. The average Bonchev–Trinajstić information content (AvgIpc) is 2.97. The van der Waals surface area contributed by atoms with Crippen molar-refractivity contribution in [2.24, 2.45) is 5.41 Å². The predicted molar refractivity (Wildman–Crippen MR) is 129 cm³/mol. The van der Waals surface area contributed by atoms with E-state index in [1.54, 1.807) is 0 Å². The highest BCUT2D eigenvalue weighted by molar-refractivity contribution is 14.1. The molecular formula is C23H35ClFIN2O. The van der Waals surface area contributed by atoms with Gasteiger partial charge in [-0.3, -0.25) is 0 Å². The molecule has 0 fully saturated rings. The summed E-state index contributed by atoms with van der Waals surface area (Å²) in [5.74, 6) is -0.486. The Morgan fingerprint density at radius 2 is 1.62 bits per heavy atom. The number of ether oxygens (including phenoxy) is 1. The molecule has 3 nitrogen and oxygen atoms in total. The Morgan fingerprint density at radius 1 is 1.03 bits per heavy atom. The van der Waals surface area contributed by atoms with Crippen LogP contribution in [0.2, 0.25) is 5.02 Å². The maximum Gasteiger partial charge on any atom is 0.160 e. The minimum atomic E-state index is -0.486. The molecule has 2 aromatic heterocycles. The molecule has 0 atom stereocenters. The SMILES string of the molecule is CC(C)(C)CCCCCCCCCCCOCn1cc(I)c2c(Cl)c(F)cnc21. The highest BCUT2D eigenvalue weighted by atomic mass is 127. The molecular weight excluding hydrogens is 502 g/mol. The van der Waals surface area contributed by atoms with Gasteiger partial charge in [-0.25, -0.2) is 9.37 Å². The first-order valence-electron chi connectivity index (χ1n) is 10.9. The highest BCUT2D eigenvalue weighted by Crippen LogP contribution is 2.30. The first-order chi connectivity index (χ1) is 13.8. The van der Waals surface area contributed by atoms with Crippen LogP contribution < -0.4 is 0 Å². The monoisotopic (exact) mass is 536 g/mol. The molecule has 6 heteroatoms. The van der Waals surface area contributed by atoms with E-state index in [2.05, 4.69) is 48.3 Å². The summed E-state index contributed by atoms with van der Waals surface area (Å²) >= 11 is 8.22. The van der Waals surface area contributed by atoms with Gasteiger partial charge < -0.3 is 9.30 Å². The van der Waals surface area contributed by atoms with Crippen molar-refractivity contribution in [1.29, 1.82) is 0 Å². The van der Waals surface area contributed by atoms with Gasteiger partial charge in [0, 0.05) is 16.4 Å². The van der Waals surface area contributed by atoms with E-state index in [4.69, 9.17) is 16.3 Å². The van der Waals surface area contributed by atoms with Crippen LogP contribution in [0.3, 0.4) is 0 Å². The minimum Gasteiger partial charge on any atom is -0.361 e. The van der Waals surface area contributed by atoms with Crippen LogP contribution in [-0.2, 0) is 11.5 Å². The summed E-state index contributed by atoms with van der Waals surface area (Å²) in [5.41, 5.74) is 1.15. The highest BCUT2D eigenvalue weighted by Gasteiger charge is 2.14. The molecule has 0 aromatic carbocycles. The second-order valence-corrected chi connectivity index (χ2v) is 10.6. The van der Waals surface area contributed by atoms with Gasteiger partial charge in [0.1, 0.15) is 12.4 Å². The van der Waals surface area contributed by atoms with Crippen LogP contribution in [0.15, 0.2) is 12.4 Å². The molecule has 0 spiro atoms. The van der Waals surface area contributed by atoms with Crippen molar-refractivity contribution >= 4 is 45.2 Å². The van der Waals surface area contributed by atoms with Gasteiger partial charge in [0.2, 0.25) is 0 Å². The minimum absolute atomic E-state index is 0.132. The summed E-state index contributed by atoms with van der Waals surface area (Å²) in [5, 5.41) is 0.793. The molecule has 164 valence electrons. The van der Waals surface area contributed by atoms with Crippen molar-refractivity contribution in [2.75, 3.05) is 6.61 Å². The van der Waals surface area contributed by atoms with E-state index < -0.39 is 5.82 Å². The molecule has 0 radical (unpaired) electrons. The zero-order chi connectivity index (χ0) is 21.3. The maximum atomic E-state index is 13.6. The van der Waals surface area contributed by atoms with Gasteiger partial charge in [0.15, 0.2) is 5.82 Å². The van der Waals surface area contributed by atoms with Crippen molar-refractivity contribution in [2.45, 2.75) is 91.7 Å². The number of unbranched alkanes of at least 4 members (excludes halogenated alkanes) is 8. The molecule has 0 N–H and O–H groups in total. The number of hydrogen-bond acceptors (Lipinski definition) is 2. The molecule has 2 aromatic rings. The van der Waals surface area contributed by atoms with Gasteiger partial charge in [-0.2, -0.15) is 0 Å². The molecule has 0 saturated carbocycles. The van der Waals surface area contributed by atoms with E-state index in [0.717, 1.165) is 16.6 Å². The van der Waals surface area contributed by atoms with Crippen LogP contribution in [0.1, 0.15) is 85.0 Å². The van der Waals surface area contributed by atoms with Gasteiger partial charge >= 0.3 is 0 Å². The lowest BCUT2D eigenvalue weighted by molar-refractivity contribution is 0.0762. The second kappa shape index (κ2) is 12.5. The third-order valence-corrected chi connectivity index (χ3v) is 6.37. The van der Waals surface area contributed by atoms with E-state index in [0.29, 0.717) is 23.2 Å². The van der Waals surface area contributed by atoms with Gasteiger partial charge in [0.25, 0.3) is 0 Å².